The largest absolute Gasteiger partial charge is 0.494 e. The van der Waals surface area contributed by atoms with Crippen molar-refractivity contribution in [3.63, 3.8) is 0 Å². The summed E-state index contributed by atoms with van der Waals surface area (Å²) < 4.78 is 6.91. The zero-order valence-corrected chi connectivity index (χ0v) is 14.7. The number of rotatable bonds is 8. The molecular formula is C18H23N3O4. The van der Waals surface area contributed by atoms with Crippen LogP contribution >= 0.6 is 0 Å². The molecule has 0 saturated heterocycles. The fourth-order valence-corrected chi connectivity index (χ4v) is 2.14. The summed E-state index contributed by atoms with van der Waals surface area (Å²) in [6.45, 7) is 5.52. The normalized spacial score (nSPS) is 11.2. The van der Waals surface area contributed by atoms with Crippen molar-refractivity contribution in [2.75, 3.05) is 11.9 Å². The summed E-state index contributed by atoms with van der Waals surface area (Å²) in [7, 11) is 0. The van der Waals surface area contributed by atoms with Gasteiger partial charge in [-0.1, -0.05) is 12.1 Å². The zero-order valence-electron chi connectivity index (χ0n) is 14.7. The highest BCUT2D eigenvalue weighted by molar-refractivity contribution is 5.90. The molecule has 1 aromatic heterocycles. The number of nitrogens with one attached hydrogen (secondary N) is 1. The molecule has 0 fully saturated rings. The van der Waals surface area contributed by atoms with Gasteiger partial charge in [-0.3, -0.25) is 9.48 Å². The minimum atomic E-state index is -1.18. The molecule has 0 aliphatic heterocycles. The molecule has 1 aromatic carbocycles. The number of nitrogens with zero attached hydrogens (tertiary/aromatic N) is 2. The average Bonchev–Trinajstić information content (AvgIpc) is 3.00. The fraction of sp³-hybridized carbons (Fsp3) is 0.389. The molecule has 25 heavy (non-hydrogen) atoms. The standard InChI is InChI=1S/C18H23N3O4/c1-13-6-4-7-15(10-13)25-9-5-8-16(22)20-14-11-19-21(12-14)18(2,3)17(23)24/h4,6-7,10-12H,5,8-9H2,1-3H3,(H,20,22)(H,23,24). The van der Waals surface area contributed by atoms with Gasteiger partial charge in [0.25, 0.3) is 0 Å². The Labute approximate surface area is 146 Å². The van der Waals surface area contributed by atoms with Crippen molar-refractivity contribution in [1.29, 1.82) is 0 Å². The predicted octanol–water partition coefficient (Wildman–Crippen LogP) is 2.81. The van der Waals surface area contributed by atoms with E-state index < -0.39 is 11.5 Å². The summed E-state index contributed by atoms with van der Waals surface area (Å²) in [5.74, 6) is -0.375. The van der Waals surface area contributed by atoms with Gasteiger partial charge in [0.05, 0.1) is 18.5 Å². The number of carboxylic acid groups (broad SMARTS) is 1. The molecule has 0 unspecified atom stereocenters. The maximum atomic E-state index is 12.0. The zero-order chi connectivity index (χ0) is 18.4. The summed E-state index contributed by atoms with van der Waals surface area (Å²) in [6.07, 6.45) is 3.83. The van der Waals surface area contributed by atoms with Crippen LogP contribution in [0.5, 0.6) is 5.75 Å². The number of aliphatic carboxylic acids is 1. The van der Waals surface area contributed by atoms with Crippen LogP contribution in [-0.4, -0.2) is 33.4 Å². The molecule has 2 aromatic rings. The van der Waals surface area contributed by atoms with Crippen molar-refractivity contribution in [2.24, 2.45) is 0 Å². The topological polar surface area (TPSA) is 93.5 Å². The van der Waals surface area contributed by atoms with Gasteiger partial charge in [0.1, 0.15) is 5.75 Å². The van der Waals surface area contributed by atoms with Gasteiger partial charge >= 0.3 is 5.97 Å². The van der Waals surface area contributed by atoms with E-state index in [-0.39, 0.29) is 5.91 Å². The third-order valence-electron chi connectivity index (χ3n) is 3.77. The van der Waals surface area contributed by atoms with Gasteiger partial charge in [0, 0.05) is 12.6 Å². The number of hydrogen-bond donors (Lipinski definition) is 2. The molecular weight excluding hydrogens is 322 g/mol. The Bertz CT molecular complexity index is 752. The van der Waals surface area contributed by atoms with Crippen LogP contribution in [0, 0.1) is 6.92 Å². The van der Waals surface area contributed by atoms with Gasteiger partial charge in [-0.2, -0.15) is 5.10 Å². The molecule has 0 atom stereocenters. The molecule has 1 amide bonds. The lowest BCUT2D eigenvalue weighted by Crippen LogP contribution is -2.35. The number of aromatic nitrogens is 2. The Balaban J connectivity index is 1.77. The molecule has 2 N–H and O–H groups in total. The van der Waals surface area contributed by atoms with E-state index in [2.05, 4.69) is 10.4 Å². The lowest BCUT2D eigenvalue weighted by atomic mass is 10.1. The Morgan fingerprint density at radius 2 is 2.12 bits per heavy atom. The molecule has 0 bridgehead atoms. The molecule has 1 heterocycles. The Morgan fingerprint density at radius 1 is 1.36 bits per heavy atom. The number of carbonyl (C=O) groups excluding carboxylic acids is 1. The molecule has 0 radical (unpaired) electrons. The maximum absolute atomic E-state index is 12.0. The molecule has 7 nitrogen and oxygen atoms in total. The Morgan fingerprint density at radius 3 is 2.80 bits per heavy atom. The number of carbonyl (C=O) groups is 2. The minimum absolute atomic E-state index is 0.166. The van der Waals surface area contributed by atoms with E-state index >= 15 is 0 Å². The third kappa shape index (κ3) is 5.07. The summed E-state index contributed by atoms with van der Waals surface area (Å²) in [5.41, 5.74) is 0.417. The van der Waals surface area contributed by atoms with Gasteiger partial charge < -0.3 is 15.2 Å². The molecule has 134 valence electrons. The van der Waals surface area contributed by atoms with Gasteiger partial charge in [-0.15, -0.1) is 0 Å². The molecule has 0 spiro atoms. The van der Waals surface area contributed by atoms with Crippen molar-refractivity contribution in [2.45, 2.75) is 39.2 Å². The Kier molecular flexibility index (Phi) is 5.80. The van der Waals surface area contributed by atoms with Crippen LogP contribution in [0.4, 0.5) is 5.69 Å². The lowest BCUT2D eigenvalue weighted by Gasteiger charge is -2.19. The second-order valence-electron chi connectivity index (χ2n) is 6.35. The predicted molar refractivity (Wildman–Crippen MR) is 93.7 cm³/mol. The van der Waals surface area contributed by atoms with E-state index in [1.807, 2.05) is 31.2 Å². The Hall–Kier alpha value is -2.83. The quantitative estimate of drug-likeness (QED) is 0.718. The number of benzene rings is 1. The van der Waals surface area contributed by atoms with Crippen LogP contribution in [0.2, 0.25) is 0 Å². The monoisotopic (exact) mass is 345 g/mol. The van der Waals surface area contributed by atoms with E-state index in [1.165, 1.54) is 30.9 Å². The molecule has 0 saturated carbocycles. The third-order valence-corrected chi connectivity index (χ3v) is 3.77. The van der Waals surface area contributed by atoms with Crippen molar-refractivity contribution in [3.05, 3.63) is 42.2 Å². The first kappa shape index (κ1) is 18.5. The van der Waals surface area contributed by atoms with E-state index in [1.54, 1.807) is 0 Å². The number of ether oxygens (including phenoxy) is 1. The smallest absolute Gasteiger partial charge is 0.331 e. The van der Waals surface area contributed by atoms with Gasteiger partial charge in [-0.25, -0.2) is 4.79 Å². The highest BCUT2D eigenvalue weighted by Gasteiger charge is 2.30. The van der Waals surface area contributed by atoms with E-state index in [9.17, 15) is 14.7 Å². The van der Waals surface area contributed by atoms with E-state index in [0.717, 1.165) is 11.3 Å². The summed E-state index contributed by atoms with van der Waals surface area (Å²) >= 11 is 0. The summed E-state index contributed by atoms with van der Waals surface area (Å²) in [4.78, 5) is 23.2. The first-order valence-electron chi connectivity index (χ1n) is 8.07. The van der Waals surface area contributed by atoms with Crippen LogP contribution in [0.3, 0.4) is 0 Å². The summed E-state index contributed by atoms with van der Waals surface area (Å²) in [5, 5.41) is 15.9. The summed E-state index contributed by atoms with van der Waals surface area (Å²) in [6, 6.07) is 7.74. The van der Waals surface area contributed by atoms with Crippen molar-refractivity contribution in [1.82, 2.24) is 9.78 Å². The molecule has 2 rings (SSSR count). The van der Waals surface area contributed by atoms with Crippen molar-refractivity contribution in [3.8, 4) is 5.75 Å². The van der Waals surface area contributed by atoms with Gasteiger partial charge in [0.2, 0.25) is 5.91 Å². The molecule has 0 aliphatic rings. The fourth-order valence-electron chi connectivity index (χ4n) is 2.14. The highest BCUT2D eigenvalue weighted by Crippen LogP contribution is 2.17. The van der Waals surface area contributed by atoms with Crippen molar-refractivity contribution < 1.29 is 19.4 Å². The number of carboxylic acids is 1. The maximum Gasteiger partial charge on any atom is 0.331 e. The first-order valence-corrected chi connectivity index (χ1v) is 8.07. The number of amides is 1. The van der Waals surface area contributed by atoms with Crippen LogP contribution in [-0.2, 0) is 15.1 Å². The number of aryl methyl sites for hydroxylation is 1. The minimum Gasteiger partial charge on any atom is -0.494 e. The lowest BCUT2D eigenvalue weighted by molar-refractivity contribution is -0.146. The van der Waals surface area contributed by atoms with Crippen LogP contribution in [0.15, 0.2) is 36.7 Å². The highest BCUT2D eigenvalue weighted by atomic mass is 16.5. The molecule has 0 aliphatic carbocycles. The second-order valence-corrected chi connectivity index (χ2v) is 6.35. The van der Waals surface area contributed by atoms with Gasteiger partial charge in [-0.05, 0) is 44.9 Å². The van der Waals surface area contributed by atoms with Crippen LogP contribution < -0.4 is 10.1 Å². The average molecular weight is 345 g/mol. The number of anilines is 1. The van der Waals surface area contributed by atoms with Crippen LogP contribution in [0.1, 0.15) is 32.3 Å². The number of hydrogen-bond acceptors (Lipinski definition) is 4. The van der Waals surface area contributed by atoms with Crippen molar-refractivity contribution >= 4 is 17.6 Å². The second kappa shape index (κ2) is 7.83. The van der Waals surface area contributed by atoms with Crippen LogP contribution in [0.25, 0.3) is 0 Å². The SMILES string of the molecule is Cc1cccc(OCCCC(=O)Nc2cnn(C(C)(C)C(=O)O)c2)c1. The van der Waals surface area contributed by atoms with E-state index in [4.69, 9.17) is 4.74 Å². The first-order chi connectivity index (χ1) is 11.8. The van der Waals surface area contributed by atoms with Gasteiger partial charge in [0.15, 0.2) is 5.54 Å². The van der Waals surface area contributed by atoms with E-state index in [0.29, 0.717) is 25.1 Å². The molecule has 7 heteroatoms.